The average Bonchev–Trinajstić information content (AvgIpc) is 2.42. The molecule has 0 aliphatic carbocycles. The minimum Gasteiger partial charge on any atom is -0.479 e. The van der Waals surface area contributed by atoms with Crippen molar-refractivity contribution in [2.24, 2.45) is 0 Å². The Morgan fingerprint density at radius 2 is 2.10 bits per heavy atom. The molecule has 0 aromatic carbocycles. The fraction of sp³-hybridized carbons (Fsp3) is 0.818. The Labute approximate surface area is 119 Å². The highest BCUT2D eigenvalue weighted by Gasteiger charge is 2.48. The van der Waals surface area contributed by atoms with Crippen LogP contribution in [0.1, 0.15) is 13.3 Å². The molecule has 1 heterocycles. The van der Waals surface area contributed by atoms with E-state index in [0.717, 1.165) is 0 Å². The quantitative estimate of drug-likeness (QED) is 0.276. The number of carboxylic acid groups (broad SMARTS) is 1. The van der Waals surface area contributed by atoms with E-state index in [2.05, 4.69) is 0 Å². The number of carbonyl (C=O) groups is 2. The van der Waals surface area contributed by atoms with Crippen LogP contribution in [-0.2, 0) is 19.1 Å². The van der Waals surface area contributed by atoms with Crippen LogP contribution in [0.3, 0.4) is 0 Å². The van der Waals surface area contributed by atoms with Crippen LogP contribution in [0.5, 0.6) is 0 Å². The highest BCUT2D eigenvalue weighted by atomic mass is 16.7. The van der Waals surface area contributed by atoms with Crippen LogP contribution in [0.25, 0.3) is 0 Å². The molecule has 122 valence electrons. The number of hydrogen-bond donors (Lipinski definition) is 6. The Bertz CT molecular complexity index is 390. The van der Waals surface area contributed by atoms with Crippen LogP contribution in [-0.4, -0.2) is 80.9 Å². The molecule has 1 saturated heterocycles. The van der Waals surface area contributed by atoms with Crippen molar-refractivity contribution >= 4 is 11.9 Å². The van der Waals surface area contributed by atoms with Gasteiger partial charge in [0, 0.05) is 0 Å². The molecular weight excluding hydrogens is 290 g/mol. The first-order valence-electron chi connectivity index (χ1n) is 6.21. The third-order valence-electron chi connectivity index (χ3n) is 2.97. The molecule has 0 aromatic rings. The van der Waals surface area contributed by atoms with E-state index >= 15 is 0 Å². The van der Waals surface area contributed by atoms with Crippen molar-refractivity contribution in [3.63, 3.8) is 0 Å². The van der Waals surface area contributed by atoms with Gasteiger partial charge >= 0.3 is 5.97 Å². The SMILES string of the molecule is C[C@@H](O[C@@H]1CC(O)(NC(=O)CO)O[C@H](CO)[C@H]1O)C(=O)O. The molecule has 0 bridgehead atoms. The van der Waals surface area contributed by atoms with Gasteiger partial charge in [0.1, 0.15) is 18.8 Å². The highest BCUT2D eigenvalue weighted by molar-refractivity contribution is 5.77. The van der Waals surface area contributed by atoms with Crippen LogP contribution in [0.15, 0.2) is 0 Å². The second-order valence-corrected chi connectivity index (χ2v) is 4.68. The van der Waals surface area contributed by atoms with Crippen molar-refractivity contribution in [2.75, 3.05) is 13.2 Å². The molecule has 21 heavy (non-hydrogen) atoms. The van der Waals surface area contributed by atoms with Crippen LogP contribution < -0.4 is 5.32 Å². The molecule has 0 saturated carbocycles. The average molecular weight is 309 g/mol. The van der Waals surface area contributed by atoms with Crippen LogP contribution in [0.4, 0.5) is 0 Å². The van der Waals surface area contributed by atoms with Crippen molar-refractivity contribution in [3.05, 3.63) is 0 Å². The summed E-state index contributed by atoms with van der Waals surface area (Å²) in [5, 5.41) is 48.5. The molecule has 0 aromatic heterocycles. The molecule has 10 heteroatoms. The van der Waals surface area contributed by atoms with Crippen LogP contribution in [0, 0.1) is 0 Å². The van der Waals surface area contributed by atoms with Crippen molar-refractivity contribution in [2.45, 2.75) is 43.7 Å². The number of carboxylic acids is 1. The zero-order valence-electron chi connectivity index (χ0n) is 11.3. The predicted molar refractivity (Wildman–Crippen MR) is 64.7 cm³/mol. The van der Waals surface area contributed by atoms with Gasteiger partial charge in [-0.3, -0.25) is 4.79 Å². The minimum atomic E-state index is -2.30. The van der Waals surface area contributed by atoms with Gasteiger partial charge in [-0.1, -0.05) is 0 Å². The Morgan fingerprint density at radius 1 is 1.48 bits per heavy atom. The Balaban J connectivity index is 2.86. The fourth-order valence-corrected chi connectivity index (χ4v) is 1.93. The van der Waals surface area contributed by atoms with Crippen LogP contribution >= 0.6 is 0 Å². The number of aliphatic hydroxyl groups excluding tert-OH is 3. The molecule has 0 spiro atoms. The van der Waals surface area contributed by atoms with E-state index in [9.17, 15) is 19.8 Å². The summed E-state index contributed by atoms with van der Waals surface area (Å²) in [5.74, 6) is -4.53. The lowest BCUT2D eigenvalue weighted by atomic mass is 9.99. The lowest BCUT2D eigenvalue weighted by molar-refractivity contribution is -0.322. The van der Waals surface area contributed by atoms with Crippen molar-refractivity contribution < 1.29 is 44.6 Å². The molecule has 0 radical (unpaired) electrons. The van der Waals surface area contributed by atoms with E-state index in [1.54, 1.807) is 0 Å². The predicted octanol–water partition coefficient (Wildman–Crippen LogP) is -3.26. The van der Waals surface area contributed by atoms with Gasteiger partial charge in [0.15, 0.2) is 6.10 Å². The third-order valence-corrected chi connectivity index (χ3v) is 2.97. The summed E-state index contributed by atoms with van der Waals surface area (Å²) < 4.78 is 10.1. The monoisotopic (exact) mass is 309 g/mol. The Hall–Kier alpha value is -1.30. The summed E-state index contributed by atoms with van der Waals surface area (Å²) in [6, 6.07) is 0. The summed E-state index contributed by atoms with van der Waals surface area (Å²) in [6.07, 6.45) is -5.66. The maximum absolute atomic E-state index is 11.1. The van der Waals surface area contributed by atoms with Gasteiger partial charge in [-0.25, -0.2) is 4.79 Å². The first-order chi connectivity index (χ1) is 9.72. The summed E-state index contributed by atoms with van der Waals surface area (Å²) in [7, 11) is 0. The van der Waals surface area contributed by atoms with E-state index in [1.165, 1.54) is 6.92 Å². The number of hydrogen-bond acceptors (Lipinski definition) is 8. The van der Waals surface area contributed by atoms with Gasteiger partial charge in [-0.05, 0) is 6.92 Å². The summed E-state index contributed by atoms with van der Waals surface area (Å²) in [5.41, 5.74) is 0. The first-order valence-corrected chi connectivity index (χ1v) is 6.21. The molecule has 1 aliphatic rings. The number of amides is 1. The normalized spacial score (nSPS) is 34.2. The van der Waals surface area contributed by atoms with Gasteiger partial charge in [-0.2, -0.15) is 0 Å². The third kappa shape index (κ3) is 4.59. The first kappa shape index (κ1) is 17.8. The van der Waals surface area contributed by atoms with Gasteiger partial charge < -0.3 is 40.3 Å². The van der Waals surface area contributed by atoms with Gasteiger partial charge in [0.05, 0.1) is 19.1 Å². The van der Waals surface area contributed by atoms with Crippen LogP contribution in [0.2, 0.25) is 0 Å². The molecule has 1 fully saturated rings. The molecule has 10 nitrogen and oxygen atoms in total. The molecule has 1 rings (SSSR count). The zero-order valence-corrected chi connectivity index (χ0v) is 11.3. The number of aliphatic carboxylic acids is 1. The standard InChI is InChI=1S/C11H19NO9/c1-5(10(17)18)20-6-2-11(19,12-8(15)4-14)21-7(3-13)9(6)16/h5-7,9,13-14,16,19H,2-4H2,1H3,(H,12,15)(H,17,18)/t5-,6-,7-,9+,11?/m1/s1. The van der Waals surface area contributed by atoms with E-state index < -0.39 is 61.8 Å². The van der Waals surface area contributed by atoms with Gasteiger partial charge in [0.25, 0.3) is 5.91 Å². The minimum absolute atomic E-state index is 0.478. The molecule has 6 N–H and O–H groups in total. The maximum Gasteiger partial charge on any atom is 0.332 e. The largest absolute Gasteiger partial charge is 0.479 e. The lowest BCUT2D eigenvalue weighted by Crippen LogP contribution is -2.64. The zero-order chi connectivity index (χ0) is 16.2. The fourth-order valence-electron chi connectivity index (χ4n) is 1.93. The van der Waals surface area contributed by atoms with Crippen molar-refractivity contribution in [1.82, 2.24) is 5.32 Å². The molecule has 1 unspecified atom stereocenters. The number of nitrogens with one attached hydrogen (secondary N) is 1. The second-order valence-electron chi connectivity index (χ2n) is 4.68. The van der Waals surface area contributed by atoms with Crippen molar-refractivity contribution in [1.29, 1.82) is 0 Å². The van der Waals surface area contributed by atoms with E-state index in [1.807, 2.05) is 5.32 Å². The number of rotatable bonds is 6. The lowest BCUT2D eigenvalue weighted by Gasteiger charge is -2.43. The second kappa shape index (κ2) is 7.11. The summed E-state index contributed by atoms with van der Waals surface area (Å²) in [6.45, 7) is -0.376. The van der Waals surface area contributed by atoms with Gasteiger partial charge in [-0.15, -0.1) is 0 Å². The van der Waals surface area contributed by atoms with E-state index in [4.69, 9.17) is 24.8 Å². The number of ether oxygens (including phenoxy) is 2. The van der Waals surface area contributed by atoms with Gasteiger partial charge in [0.2, 0.25) is 5.91 Å². The molecule has 1 aliphatic heterocycles. The Kier molecular flexibility index (Phi) is 6.01. The molecular formula is C11H19NO9. The number of carbonyl (C=O) groups excluding carboxylic acids is 1. The summed E-state index contributed by atoms with van der Waals surface area (Å²) >= 11 is 0. The van der Waals surface area contributed by atoms with E-state index in [0.29, 0.717) is 0 Å². The smallest absolute Gasteiger partial charge is 0.332 e. The van der Waals surface area contributed by atoms with E-state index in [-0.39, 0.29) is 0 Å². The topological polar surface area (TPSA) is 166 Å². The number of aliphatic hydroxyl groups is 4. The maximum atomic E-state index is 11.1. The Morgan fingerprint density at radius 3 is 2.57 bits per heavy atom. The highest BCUT2D eigenvalue weighted by Crippen LogP contribution is 2.28. The molecule has 1 amide bonds. The summed E-state index contributed by atoms with van der Waals surface area (Å²) in [4.78, 5) is 21.9. The van der Waals surface area contributed by atoms with Crippen molar-refractivity contribution in [3.8, 4) is 0 Å². The molecule has 5 atom stereocenters.